The Morgan fingerprint density at radius 3 is 2.46 bits per heavy atom. The van der Waals surface area contributed by atoms with Crippen molar-refractivity contribution in [2.24, 2.45) is 0 Å². The minimum atomic E-state index is -0.318. The van der Waals surface area contributed by atoms with E-state index in [0.29, 0.717) is 0 Å². The molecule has 0 fully saturated rings. The van der Waals surface area contributed by atoms with Gasteiger partial charge in [0.05, 0.1) is 7.11 Å². The van der Waals surface area contributed by atoms with Crippen molar-refractivity contribution in [1.82, 2.24) is 0 Å². The molecule has 68 valence electrons. The summed E-state index contributed by atoms with van der Waals surface area (Å²) < 4.78 is 4.53. The van der Waals surface area contributed by atoms with Gasteiger partial charge in [0.1, 0.15) is 0 Å². The molecule has 0 radical (unpaired) electrons. The highest BCUT2D eigenvalue weighted by atomic mass is 16.5. The minimum absolute atomic E-state index is 0.318. The zero-order chi connectivity index (χ0) is 9.68. The second kappa shape index (κ2) is 4.45. The second-order valence-corrected chi connectivity index (χ2v) is 2.72. The number of ether oxygens (including phenoxy) is 1. The van der Waals surface area contributed by atoms with E-state index in [9.17, 15) is 4.79 Å². The number of hydrogen-bond acceptors (Lipinski definition) is 2. The fourth-order valence-corrected chi connectivity index (χ4v) is 1.02. The molecule has 0 saturated heterocycles. The van der Waals surface area contributed by atoms with Crippen LogP contribution in [0.1, 0.15) is 12.5 Å². The number of hydrogen-bond donors (Lipinski definition) is 0. The molecule has 0 heterocycles. The number of rotatable bonds is 2. The summed E-state index contributed by atoms with van der Waals surface area (Å²) in [6.07, 6.45) is 1.48. The Morgan fingerprint density at radius 1 is 1.31 bits per heavy atom. The quantitative estimate of drug-likeness (QED) is 0.510. The van der Waals surface area contributed by atoms with E-state index in [1.165, 1.54) is 13.2 Å². The van der Waals surface area contributed by atoms with Gasteiger partial charge in [0.2, 0.25) is 0 Å². The molecule has 2 nitrogen and oxygen atoms in total. The lowest BCUT2D eigenvalue weighted by atomic mass is 10.1. The van der Waals surface area contributed by atoms with Gasteiger partial charge in [-0.15, -0.1) is 0 Å². The van der Waals surface area contributed by atoms with Gasteiger partial charge >= 0.3 is 5.97 Å². The molecule has 2 heteroatoms. The third kappa shape index (κ3) is 2.75. The van der Waals surface area contributed by atoms with Crippen LogP contribution in [0.25, 0.3) is 5.57 Å². The van der Waals surface area contributed by atoms with Crippen LogP contribution in [-0.4, -0.2) is 13.1 Å². The van der Waals surface area contributed by atoms with Gasteiger partial charge in [-0.1, -0.05) is 30.3 Å². The van der Waals surface area contributed by atoms with E-state index in [0.717, 1.165) is 11.1 Å². The summed E-state index contributed by atoms with van der Waals surface area (Å²) in [6, 6.07) is 9.71. The second-order valence-electron chi connectivity index (χ2n) is 2.72. The van der Waals surface area contributed by atoms with Crippen LogP contribution in [0, 0.1) is 0 Å². The predicted octanol–water partition coefficient (Wildman–Crippen LogP) is 2.26. The summed E-state index contributed by atoms with van der Waals surface area (Å²) >= 11 is 0. The van der Waals surface area contributed by atoms with Gasteiger partial charge in [0.25, 0.3) is 0 Å². The Kier molecular flexibility index (Phi) is 3.26. The van der Waals surface area contributed by atoms with Crippen molar-refractivity contribution in [2.45, 2.75) is 6.92 Å². The van der Waals surface area contributed by atoms with E-state index < -0.39 is 0 Å². The summed E-state index contributed by atoms with van der Waals surface area (Å²) in [4.78, 5) is 10.9. The average molecular weight is 176 g/mol. The Balaban J connectivity index is 2.85. The van der Waals surface area contributed by atoms with Crippen LogP contribution in [0.15, 0.2) is 36.4 Å². The first kappa shape index (κ1) is 9.52. The van der Waals surface area contributed by atoms with E-state index in [2.05, 4.69) is 4.74 Å². The topological polar surface area (TPSA) is 26.3 Å². The number of methoxy groups -OCH3 is 1. The Hall–Kier alpha value is -1.57. The first-order valence-electron chi connectivity index (χ1n) is 4.05. The average Bonchev–Trinajstić information content (AvgIpc) is 2.19. The standard InChI is InChI=1S/C11H12O2/c1-9(8-11(12)13-2)10-6-4-3-5-7-10/h3-8H,1-2H3/b9-8+. The lowest BCUT2D eigenvalue weighted by molar-refractivity contribution is -0.134. The highest BCUT2D eigenvalue weighted by Gasteiger charge is 1.97. The molecule has 0 atom stereocenters. The van der Waals surface area contributed by atoms with Gasteiger partial charge in [0.15, 0.2) is 0 Å². The predicted molar refractivity (Wildman–Crippen MR) is 52.1 cm³/mol. The zero-order valence-electron chi connectivity index (χ0n) is 7.78. The van der Waals surface area contributed by atoms with Crippen molar-refractivity contribution in [2.75, 3.05) is 7.11 Å². The molecule has 13 heavy (non-hydrogen) atoms. The van der Waals surface area contributed by atoms with Gasteiger partial charge in [-0.2, -0.15) is 0 Å². The molecular formula is C11H12O2. The van der Waals surface area contributed by atoms with Crippen LogP contribution in [0.2, 0.25) is 0 Å². The number of benzene rings is 1. The lowest BCUT2D eigenvalue weighted by Crippen LogP contribution is -1.95. The number of carbonyl (C=O) groups is 1. The maximum absolute atomic E-state index is 10.9. The molecule has 1 rings (SSSR count). The monoisotopic (exact) mass is 176 g/mol. The van der Waals surface area contributed by atoms with Crippen LogP contribution < -0.4 is 0 Å². The van der Waals surface area contributed by atoms with E-state index in [-0.39, 0.29) is 5.97 Å². The van der Waals surface area contributed by atoms with Crippen LogP contribution >= 0.6 is 0 Å². The molecular weight excluding hydrogens is 164 g/mol. The Morgan fingerprint density at radius 2 is 1.92 bits per heavy atom. The highest BCUT2D eigenvalue weighted by Crippen LogP contribution is 2.12. The van der Waals surface area contributed by atoms with Crippen molar-refractivity contribution in [3.05, 3.63) is 42.0 Å². The van der Waals surface area contributed by atoms with Gasteiger partial charge in [-0.25, -0.2) is 4.79 Å². The number of esters is 1. The first-order valence-corrected chi connectivity index (χ1v) is 4.05. The van der Waals surface area contributed by atoms with E-state index >= 15 is 0 Å². The third-order valence-electron chi connectivity index (χ3n) is 1.76. The van der Waals surface area contributed by atoms with E-state index in [1.54, 1.807) is 0 Å². The van der Waals surface area contributed by atoms with Crippen molar-refractivity contribution in [3.8, 4) is 0 Å². The van der Waals surface area contributed by atoms with Gasteiger partial charge in [0, 0.05) is 6.08 Å². The molecule has 0 N–H and O–H groups in total. The fraction of sp³-hybridized carbons (Fsp3) is 0.182. The van der Waals surface area contributed by atoms with Crippen LogP contribution in [0.3, 0.4) is 0 Å². The zero-order valence-corrected chi connectivity index (χ0v) is 7.78. The van der Waals surface area contributed by atoms with Crippen molar-refractivity contribution < 1.29 is 9.53 Å². The molecule has 0 saturated carbocycles. The fourth-order valence-electron chi connectivity index (χ4n) is 1.02. The number of allylic oxidation sites excluding steroid dienone is 1. The van der Waals surface area contributed by atoms with E-state index in [4.69, 9.17) is 0 Å². The maximum Gasteiger partial charge on any atom is 0.330 e. The molecule has 0 aliphatic heterocycles. The molecule has 0 aliphatic carbocycles. The molecule has 0 amide bonds. The van der Waals surface area contributed by atoms with Crippen molar-refractivity contribution in [1.29, 1.82) is 0 Å². The Labute approximate surface area is 77.8 Å². The van der Waals surface area contributed by atoms with E-state index in [1.807, 2.05) is 37.3 Å². The minimum Gasteiger partial charge on any atom is -0.466 e. The molecule has 0 bridgehead atoms. The normalized spacial score (nSPS) is 11.1. The molecule has 0 aliphatic rings. The van der Waals surface area contributed by atoms with Crippen molar-refractivity contribution in [3.63, 3.8) is 0 Å². The van der Waals surface area contributed by atoms with Crippen LogP contribution in [0.5, 0.6) is 0 Å². The molecule has 0 spiro atoms. The molecule has 0 unspecified atom stereocenters. The highest BCUT2D eigenvalue weighted by molar-refractivity contribution is 5.90. The summed E-state index contributed by atoms with van der Waals surface area (Å²) in [7, 11) is 1.37. The molecule has 0 aromatic heterocycles. The first-order chi connectivity index (χ1) is 6.24. The van der Waals surface area contributed by atoms with Gasteiger partial charge in [-0.3, -0.25) is 0 Å². The van der Waals surface area contributed by atoms with Crippen molar-refractivity contribution >= 4 is 11.5 Å². The summed E-state index contributed by atoms with van der Waals surface area (Å²) in [6.45, 7) is 1.88. The summed E-state index contributed by atoms with van der Waals surface area (Å²) in [5.74, 6) is -0.318. The molecule has 1 aromatic rings. The maximum atomic E-state index is 10.9. The summed E-state index contributed by atoms with van der Waals surface area (Å²) in [5.41, 5.74) is 1.94. The molecule has 1 aromatic carbocycles. The smallest absolute Gasteiger partial charge is 0.330 e. The van der Waals surface area contributed by atoms with Gasteiger partial charge in [-0.05, 0) is 18.1 Å². The SMILES string of the molecule is COC(=O)/C=C(\C)c1ccccc1. The summed E-state index contributed by atoms with van der Waals surface area (Å²) in [5, 5.41) is 0. The third-order valence-corrected chi connectivity index (χ3v) is 1.76. The largest absolute Gasteiger partial charge is 0.466 e. The lowest BCUT2D eigenvalue weighted by Gasteiger charge is -1.99. The van der Waals surface area contributed by atoms with Crippen LogP contribution in [0.4, 0.5) is 0 Å². The number of carbonyl (C=O) groups excluding carboxylic acids is 1. The van der Waals surface area contributed by atoms with Crippen LogP contribution in [-0.2, 0) is 9.53 Å². The Bertz CT molecular complexity index is 312. The van der Waals surface area contributed by atoms with Gasteiger partial charge < -0.3 is 4.74 Å².